The van der Waals surface area contributed by atoms with Crippen LogP contribution in [0.4, 0.5) is 5.69 Å². The first-order valence-electron chi connectivity index (χ1n) is 5.99. The number of aromatic amines is 1. The smallest absolute Gasteiger partial charge is 0.281 e. The molecule has 0 amide bonds. The van der Waals surface area contributed by atoms with Crippen molar-refractivity contribution in [2.45, 2.75) is 0 Å². The Morgan fingerprint density at radius 3 is 2.71 bits per heavy atom. The summed E-state index contributed by atoms with van der Waals surface area (Å²) in [6.07, 6.45) is 0. The summed E-state index contributed by atoms with van der Waals surface area (Å²) >= 11 is 5.78. The number of nitro benzene ring substituents is 1. The third kappa shape index (κ3) is 2.36. The predicted molar refractivity (Wildman–Crippen MR) is 79.5 cm³/mol. The van der Waals surface area contributed by atoms with Crippen molar-refractivity contribution in [3.63, 3.8) is 0 Å². The van der Waals surface area contributed by atoms with Gasteiger partial charge >= 0.3 is 0 Å². The Morgan fingerprint density at radius 1 is 1.19 bits per heavy atom. The summed E-state index contributed by atoms with van der Waals surface area (Å²) in [6.45, 7) is 0. The molecule has 1 heterocycles. The maximum absolute atomic E-state index is 12.0. The van der Waals surface area contributed by atoms with E-state index in [0.717, 1.165) is 0 Å². The van der Waals surface area contributed by atoms with E-state index in [9.17, 15) is 14.9 Å². The van der Waals surface area contributed by atoms with Gasteiger partial charge in [0.25, 0.3) is 11.2 Å². The van der Waals surface area contributed by atoms with Crippen LogP contribution in [0, 0.1) is 10.1 Å². The Balaban J connectivity index is 2.31. The van der Waals surface area contributed by atoms with Gasteiger partial charge in [0.05, 0.1) is 21.4 Å². The number of aromatic nitrogens is 2. The van der Waals surface area contributed by atoms with Gasteiger partial charge in [-0.15, -0.1) is 0 Å². The molecule has 0 unspecified atom stereocenters. The van der Waals surface area contributed by atoms with Crippen molar-refractivity contribution in [2.24, 2.45) is 0 Å². The number of nitrogens with one attached hydrogen (secondary N) is 1. The van der Waals surface area contributed by atoms with Crippen molar-refractivity contribution < 1.29 is 4.92 Å². The molecule has 21 heavy (non-hydrogen) atoms. The highest BCUT2D eigenvalue weighted by Gasteiger charge is 2.18. The molecule has 0 atom stereocenters. The number of rotatable bonds is 2. The van der Waals surface area contributed by atoms with Crippen LogP contribution in [0.5, 0.6) is 0 Å². The molecule has 3 aromatic rings. The number of hydrogen-bond acceptors (Lipinski definition) is 4. The number of H-pyrrole nitrogens is 1. The number of para-hydroxylation sites is 1. The Hall–Kier alpha value is -2.73. The molecule has 0 aliphatic heterocycles. The zero-order valence-electron chi connectivity index (χ0n) is 10.5. The number of halogens is 1. The van der Waals surface area contributed by atoms with Crippen LogP contribution >= 0.6 is 11.6 Å². The Morgan fingerprint density at radius 2 is 1.95 bits per heavy atom. The first-order chi connectivity index (χ1) is 10.1. The van der Waals surface area contributed by atoms with Crippen molar-refractivity contribution in [3.8, 4) is 11.4 Å². The van der Waals surface area contributed by atoms with E-state index in [4.69, 9.17) is 11.6 Å². The third-order valence-corrected chi connectivity index (χ3v) is 3.26. The fourth-order valence-corrected chi connectivity index (χ4v) is 2.24. The van der Waals surface area contributed by atoms with Gasteiger partial charge in [0.1, 0.15) is 5.82 Å². The molecule has 0 radical (unpaired) electrons. The van der Waals surface area contributed by atoms with Crippen molar-refractivity contribution in [1.29, 1.82) is 0 Å². The van der Waals surface area contributed by atoms with Gasteiger partial charge in [-0.2, -0.15) is 0 Å². The van der Waals surface area contributed by atoms with Gasteiger partial charge in [0, 0.05) is 11.1 Å². The van der Waals surface area contributed by atoms with Gasteiger partial charge in [-0.1, -0.05) is 23.7 Å². The van der Waals surface area contributed by atoms with Crippen molar-refractivity contribution in [2.75, 3.05) is 0 Å². The molecule has 0 aliphatic rings. The van der Waals surface area contributed by atoms with Crippen molar-refractivity contribution in [3.05, 3.63) is 68.0 Å². The minimum atomic E-state index is -0.559. The molecule has 6 nitrogen and oxygen atoms in total. The van der Waals surface area contributed by atoms with Gasteiger partial charge in [0.2, 0.25) is 0 Å². The minimum Gasteiger partial charge on any atom is -0.306 e. The molecule has 1 N–H and O–H groups in total. The lowest BCUT2D eigenvalue weighted by Crippen LogP contribution is -2.10. The summed E-state index contributed by atoms with van der Waals surface area (Å²) < 4.78 is 0. The lowest BCUT2D eigenvalue weighted by Gasteiger charge is -2.04. The van der Waals surface area contributed by atoms with Gasteiger partial charge < -0.3 is 4.98 Å². The van der Waals surface area contributed by atoms with E-state index in [1.54, 1.807) is 24.3 Å². The molecule has 0 aliphatic carbocycles. The van der Waals surface area contributed by atoms with Crippen LogP contribution < -0.4 is 5.56 Å². The molecule has 0 fully saturated rings. The van der Waals surface area contributed by atoms with Gasteiger partial charge in [-0.05, 0) is 24.3 Å². The van der Waals surface area contributed by atoms with Gasteiger partial charge in [-0.3, -0.25) is 14.9 Å². The first-order valence-corrected chi connectivity index (χ1v) is 6.37. The van der Waals surface area contributed by atoms with Crippen LogP contribution in [-0.4, -0.2) is 14.9 Å². The van der Waals surface area contributed by atoms with Crippen molar-refractivity contribution >= 4 is 28.2 Å². The van der Waals surface area contributed by atoms with Crippen LogP contribution in [0.3, 0.4) is 0 Å². The maximum Gasteiger partial charge on any atom is 0.281 e. The van der Waals surface area contributed by atoms with E-state index < -0.39 is 4.92 Å². The number of nitro groups is 1. The highest BCUT2D eigenvalue weighted by atomic mass is 35.5. The number of nitrogens with zero attached hydrogens (tertiary/aromatic N) is 2. The lowest BCUT2D eigenvalue weighted by molar-refractivity contribution is -0.384. The molecule has 0 saturated heterocycles. The van der Waals surface area contributed by atoms with E-state index in [1.165, 1.54) is 18.2 Å². The average molecular weight is 302 g/mol. The fourth-order valence-electron chi connectivity index (χ4n) is 2.07. The molecule has 104 valence electrons. The Kier molecular flexibility index (Phi) is 3.15. The molecule has 0 saturated carbocycles. The van der Waals surface area contributed by atoms with E-state index in [0.29, 0.717) is 10.9 Å². The summed E-state index contributed by atoms with van der Waals surface area (Å²) in [5, 5.41) is 11.8. The molecule has 2 aromatic carbocycles. The Labute approximate surface area is 123 Å². The number of fused-ring (bicyclic) bond motifs is 1. The Bertz CT molecular complexity index is 921. The molecule has 3 rings (SSSR count). The molecule has 7 heteroatoms. The van der Waals surface area contributed by atoms with Gasteiger partial charge in [0.15, 0.2) is 0 Å². The zero-order valence-corrected chi connectivity index (χ0v) is 11.3. The maximum atomic E-state index is 12.0. The minimum absolute atomic E-state index is 0.141. The molecular weight excluding hydrogens is 294 g/mol. The number of benzene rings is 2. The SMILES string of the molecule is O=c1[nH]c(-c2ccc(Cl)cc2[N+](=O)[O-])nc2ccccc12. The molecule has 0 bridgehead atoms. The second-order valence-electron chi connectivity index (χ2n) is 4.35. The van der Waals surface area contributed by atoms with E-state index >= 15 is 0 Å². The summed E-state index contributed by atoms with van der Waals surface area (Å²) in [6, 6.07) is 11.0. The highest BCUT2D eigenvalue weighted by Crippen LogP contribution is 2.30. The zero-order chi connectivity index (χ0) is 15.0. The second-order valence-corrected chi connectivity index (χ2v) is 4.79. The summed E-state index contributed by atoms with van der Waals surface area (Å²) in [7, 11) is 0. The number of hydrogen-bond donors (Lipinski definition) is 1. The predicted octanol–water partition coefficient (Wildman–Crippen LogP) is 3.15. The topological polar surface area (TPSA) is 88.9 Å². The lowest BCUT2D eigenvalue weighted by atomic mass is 10.1. The van der Waals surface area contributed by atoms with Crippen LogP contribution in [0.1, 0.15) is 0 Å². The highest BCUT2D eigenvalue weighted by molar-refractivity contribution is 6.30. The monoisotopic (exact) mass is 301 g/mol. The van der Waals surface area contributed by atoms with E-state index in [-0.39, 0.29) is 27.7 Å². The van der Waals surface area contributed by atoms with Crippen molar-refractivity contribution in [1.82, 2.24) is 9.97 Å². The quantitative estimate of drug-likeness (QED) is 0.581. The molecule has 1 aromatic heterocycles. The summed E-state index contributed by atoms with van der Waals surface area (Å²) in [5.74, 6) is 0.141. The fraction of sp³-hybridized carbons (Fsp3) is 0. The largest absolute Gasteiger partial charge is 0.306 e. The summed E-state index contributed by atoms with van der Waals surface area (Å²) in [5.41, 5.74) is 0.133. The molecular formula is C14H8ClN3O3. The van der Waals surface area contributed by atoms with Crippen LogP contribution in [0.15, 0.2) is 47.3 Å². The van der Waals surface area contributed by atoms with E-state index in [2.05, 4.69) is 9.97 Å². The summed E-state index contributed by atoms with van der Waals surface area (Å²) in [4.78, 5) is 29.4. The van der Waals surface area contributed by atoms with Crippen LogP contribution in [0.2, 0.25) is 5.02 Å². The van der Waals surface area contributed by atoms with Crippen LogP contribution in [-0.2, 0) is 0 Å². The van der Waals surface area contributed by atoms with Gasteiger partial charge in [-0.25, -0.2) is 4.98 Å². The standard InChI is InChI=1S/C14H8ClN3O3/c15-8-5-6-10(12(7-8)18(20)21)13-16-11-4-2-1-3-9(11)14(19)17-13/h1-7H,(H,16,17,19). The van der Waals surface area contributed by atoms with E-state index in [1.807, 2.05) is 0 Å². The second kappa shape index (κ2) is 4.99. The molecule has 0 spiro atoms. The average Bonchev–Trinajstić information content (AvgIpc) is 2.47. The normalized spacial score (nSPS) is 10.7. The first kappa shape index (κ1) is 13.3. The third-order valence-electron chi connectivity index (χ3n) is 3.02. The van der Waals surface area contributed by atoms with Crippen LogP contribution in [0.25, 0.3) is 22.3 Å².